The zero-order valence-corrected chi connectivity index (χ0v) is 10.8. The molecule has 1 heteroatoms. The van der Waals surface area contributed by atoms with Gasteiger partial charge in [0.25, 0.3) is 0 Å². The maximum Gasteiger partial charge on any atom is 0.0639 e. The van der Waals surface area contributed by atoms with Crippen molar-refractivity contribution in [2.45, 2.75) is 46.5 Å². The van der Waals surface area contributed by atoms with Crippen LogP contribution in [0, 0.1) is 28.6 Å². The van der Waals surface area contributed by atoms with Crippen molar-refractivity contribution in [2.24, 2.45) is 28.6 Å². The number of rotatable bonds is 4. The molecule has 1 nitrogen and oxygen atoms in total. The second-order valence-electron chi connectivity index (χ2n) is 6.83. The third-order valence-electron chi connectivity index (χ3n) is 6.53. The minimum atomic E-state index is 0.225. The first-order chi connectivity index (χ1) is 7.54. The molecule has 0 amide bonds. The topological polar surface area (TPSA) is 20.2 Å². The van der Waals surface area contributed by atoms with Crippen LogP contribution < -0.4 is 0 Å². The molecule has 0 saturated heterocycles. The van der Waals surface area contributed by atoms with Crippen LogP contribution in [0.5, 0.6) is 0 Å². The number of aliphatic hydroxyl groups is 1. The first-order valence-electron chi connectivity index (χ1n) is 6.80. The van der Waals surface area contributed by atoms with E-state index in [0.29, 0.717) is 10.8 Å². The molecule has 4 unspecified atom stereocenters. The van der Waals surface area contributed by atoms with Crippen LogP contribution in [0.4, 0.5) is 0 Å². The summed E-state index contributed by atoms with van der Waals surface area (Å²) < 4.78 is 0. The van der Waals surface area contributed by atoms with Crippen molar-refractivity contribution in [3.63, 3.8) is 0 Å². The van der Waals surface area contributed by atoms with Crippen molar-refractivity contribution >= 4 is 0 Å². The zero-order chi connectivity index (χ0) is 11.6. The van der Waals surface area contributed by atoms with Crippen LogP contribution in [-0.4, -0.2) is 11.7 Å². The van der Waals surface area contributed by atoms with E-state index in [9.17, 15) is 0 Å². The van der Waals surface area contributed by atoms with Gasteiger partial charge in [-0.05, 0) is 61.2 Å². The zero-order valence-electron chi connectivity index (χ0n) is 10.8. The lowest BCUT2D eigenvalue weighted by Gasteiger charge is -2.34. The SMILES string of the molecule is C/C(=C/CCC1(C)C2CC3[C@@H](C2)C31C)CO. The van der Waals surface area contributed by atoms with Gasteiger partial charge in [0.15, 0.2) is 0 Å². The Morgan fingerprint density at radius 2 is 1.94 bits per heavy atom. The van der Waals surface area contributed by atoms with Gasteiger partial charge in [0.2, 0.25) is 0 Å². The Labute approximate surface area is 98.9 Å². The van der Waals surface area contributed by atoms with Gasteiger partial charge in [0.05, 0.1) is 6.61 Å². The third-order valence-corrected chi connectivity index (χ3v) is 6.53. The summed E-state index contributed by atoms with van der Waals surface area (Å²) in [5.41, 5.74) is 2.43. The fourth-order valence-electron chi connectivity index (χ4n) is 5.19. The number of hydrogen-bond acceptors (Lipinski definition) is 1. The van der Waals surface area contributed by atoms with Crippen LogP contribution in [0.1, 0.15) is 46.5 Å². The van der Waals surface area contributed by atoms with Crippen LogP contribution in [0.15, 0.2) is 11.6 Å². The van der Waals surface area contributed by atoms with E-state index in [1.54, 1.807) is 0 Å². The van der Waals surface area contributed by atoms with Crippen molar-refractivity contribution < 1.29 is 5.11 Å². The second kappa shape index (κ2) is 3.13. The lowest BCUT2D eigenvalue weighted by molar-refractivity contribution is 0.154. The van der Waals surface area contributed by atoms with Crippen molar-refractivity contribution in [3.8, 4) is 0 Å². The van der Waals surface area contributed by atoms with E-state index in [-0.39, 0.29) is 6.61 Å². The molecule has 16 heavy (non-hydrogen) atoms. The Hall–Kier alpha value is -0.300. The van der Waals surface area contributed by atoms with Crippen molar-refractivity contribution in [2.75, 3.05) is 6.61 Å². The average molecular weight is 220 g/mol. The van der Waals surface area contributed by atoms with Gasteiger partial charge in [-0.3, -0.25) is 0 Å². The predicted octanol–water partition coefficient (Wildman–Crippen LogP) is 3.39. The summed E-state index contributed by atoms with van der Waals surface area (Å²) in [6, 6.07) is 0. The van der Waals surface area contributed by atoms with Gasteiger partial charge in [-0.25, -0.2) is 0 Å². The molecule has 4 fully saturated rings. The molecule has 0 aromatic carbocycles. The quantitative estimate of drug-likeness (QED) is 0.720. The highest BCUT2D eigenvalue weighted by Gasteiger charge is 2.80. The maximum absolute atomic E-state index is 8.99. The molecule has 4 aliphatic carbocycles. The Morgan fingerprint density at radius 3 is 2.38 bits per heavy atom. The van der Waals surface area contributed by atoms with Gasteiger partial charge < -0.3 is 5.11 Å². The summed E-state index contributed by atoms with van der Waals surface area (Å²) in [6.45, 7) is 7.33. The van der Waals surface area contributed by atoms with Crippen molar-refractivity contribution in [3.05, 3.63) is 11.6 Å². The highest BCUT2D eigenvalue weighted by atomic mass is 16.3. The molecule has 5 atom stereocenters. The van der Waals surface area contributed by atoms with E-state index < -0.39 is 0 Å². The largest absolute Gasteiger partial charge is 0.392 e. The molecule has 0 aromatic heterocycles. The Kier molecular flexibility index (Phi) is 2.12. The fourth-order valence-corrected chi connectivity index (χ4v) is 5.19. The lowest BCUT2D eigenvalue weighted by atomic mass is 9.71. The van der Waals surface area contributed by atoms with Crippen LogP contribution >= 0.6 is 0 Å². The lowest BCUT2D eigenvalue weighted by Crippen LogP contribution is -2.26. The predicted molar refractivity (Wildman–Crippen MR) is 66.0 cm³/mol. The number of aliphatic hydroxyl groups excluding tert-OH is 1. The van der Waals surface area contributed by atoms with E-state index >= 15 is 0 Å². The smallest absolute Gasteiger partial charge is 0.0639 e. The van der Waals surface area contributed by atoms with Gasteiger partial charge in [-0.2, -0.15) is 0 Å². The summed E-state index contributed by atoms with van der Waals surface area (Å²) >= 11 is 0. The van der Waals surface area contributed by atoms with Gasteiger partial charge >= 0.3 is 0 Å². The molecule has 0 spiro atoms. The molecule has 4 aliphatic rings. The minimum Gasteiger partial charge on any atom is -0.392 e. The van der Waals surface area contributed by atoms with E-state index in [1.807, 2.05) is 6.92 Å². The molecule has 0 heterocycles. The summed E-state index contributed by atoms with van der Waals surface area (Å²) in [7, 11) is 0. The Bertz CT molecular complexity index is 331. The molecular formula is C15H24O. The number of hydrogen-bond donors (Lipinski definition) is 1. The molecule has 0 radical (unpaired) electrons. The summed E-state index contributed by atoms with van der Waals surface area (Å²) in [5, 5.41) is 8.99. The summed E-state index contributed by atoms with van der Waals surface area (Å²) in [6.07, 6.45) is 7.76. The van der Waals surface area contributed by atoms with Crippen molar-refractivity contribution in [1.29, 1.82) is 0 Å². The first-order valence-corrected chi connectivity index (χ1v) is 6.80. The van der Waals surface area contributed by atoms with Crippen LogP contribution in [0.3, 0.4) is 0 Å². The minimum absolute atomic E-state index is 0.225. The van der Waals surface area contributed by atoms with Gasteiger partial charge in [0, 0.05) is 0 Å². The van der Waals surface area contributed by atoms with Gasteiger partial charge in [-0.1, -0.05) is 25.5 Å². The molecule has 0 aromatic rings. The monoisotopic (exact) mass is 220 g/mol. The van der Waals surface area contributed by atoms with Gasteiger partial charge in [-0.15, -0.1) is 0 Å². The summed E-state index contributed by atoms with van der Waals surface area (Å²) in [5.74, 6) is 3.16. The molecule has 1 N–H and O–H groups in total. The van der Waals surface area contributed by atoms with Gasteiger partial charge in [0.1, 0.15) is 0 Å². The molecule has 0 aliphatic heterocycles. The normalized spacial score (nSPS) is 53.5. The molecule has 4 bridgehead atoms. The molecular weight excluding hydrogens is 196 g/mol. The Morgan fingerprint density at radius 1 is 1.31 bits per heavy atom. The fraction of sp³-hybridized carbons (Fsp3) is 0.867. The first kappa shape index (κ1) is 10.8. The molecule has 4 rings (SSSR count). The summed E-state index contributed by atoms with van der Waals surface area (Å²) in [4.78, 5) is 0. The third kappa shape index (κ3) is 1.06. The van der Waals surface area contributed by atoms with Crippen LogP contribution in [0.25, 0.3) is 0 Å². The van der Waals surface area contributed by atoms with E-state index in [2.05, 4.69) is 19.9 Å². The molecule has 4 saturated carbocycles. The highest BCUT2D eigenvalue weighted by molar-refractivity contribution is 5.29. The second-order valence-corrected chi connectivity index (χ2v) is 6.83. The Balaban J connectivity index is 1.68. The van der Waals surface area contributed by atoms with E-state index in [0.717, 1.165) is 29.7 Å². The highest BCUT2D eigenvalue weighted by Crippen LogP contribution is 2.87. The van der Waals surface area contributed by atoms with Crippen molar-refractivity contribution in [1.82, 2.24) is 0 Å². The standard InChI is InChI=1S/C15H24O/c1-10(9-16)5-4-6-14(2)11-7-12-13(8-11)15(12,14)3/h5,11-13,16H,4,6-9H2,1-3H3/b10-5-/t11?,12-,13?,14?,15?/m1/s1. The number of allylic oxidation sites excluding steroid dienone is 1. The average Bonchev–Trinajstić information content (AvgIpc) is 2.62. The molecule has 90 valence electrons. The van der Waals surface area contributed by atoms with Crippen LogP contribution in [0.2, 0.25) is 0 Å². The van der Waals surface area contributed by atoms with Crippen LogP contribution in [-0.2, 0) is 0 Å². The van der Waals surface area contributed by atoms with E-state index in [1.165, 1.54) is 19.3 Å². The maximum atomic E-state index is 8.99. The van der Waals surface area contributed by atoms with E-state index in [4.69, 9.17) is 5.11 Å².